The molecule has 80 valence electrons. The molecule has 7 heteroatoms. The van der Waals surface area contributed by atoms with E-state index in [-0.39, 0.29) is 5.56 Å². The van der Waals surface area contributed by atoms with Crippen molar-refractivity contribution in [2.75, 3.05) is 0 Å². The van der Waals surface area contributed by atoms with Crippen LogP contribution < -0.4 is 5.90 Å². The Morgan fingerprint density at radius 1 is 1.60 bits per heavy atom. The highest BCUT2D eigenvalue weighted by atomic mass is 79.9. The van der Waals surface area contributed by atoms with E-state index in [1.807, 2.05) is 0 Å². The number of carbonyl (C=O) groups is 1. The zero-order valence-corrected chi connectivity index (χ0v) is 8.86. The van der Waals surface area contributed by atoms with Crippen molar-refractivity contribution in [2.24, 2.45) is 11.1 Å². The van der Waals surface area contributed by atoms with Crippen LogP contribution in [0.1, 0.15) is 5.56 Å². The van der Waals surface area contributed by atoms with Crippen molar-refractivity contribution < 1.29 is 19.2 Å². The number of oxime groups is 1. The lowest BCUT2D eigenvalue weighted by Gasteiger charge is -2.02. The zero-order chi connectivity index (χ0) is 11.4. The van der Waals surface area contributed by atoms with E-state index in [1.165, 1.54) is 12.1 Å². The number of halogens is 2. The van der Waals surface area contributed by atoms with Crippen LogP contribution in [0.15, 0.2) is 27.8 Å². The first kappa shape index (κ1) is 11.6. The van der Waals surface area contributed by atoms with Crippen LogP contribution in [0.5, 0.6) is 0 Å². The number of hydrogen-bond acceptors (Lipinski definition) is 4. The normalized spacial score (nSPS) is 11.3. The van der Waals surface area contributed by atoms with E-state index in [9.17, 15) is 9.18 Å². The monoisotopic (exact) mass is 276 g/mol. The van der Waals surface area contributed by atoms with E-state index in [0.29, 0.717) is 4.47 Å². The largest absolute Gasteiger partial charge is 0.476 e. The molecule has 0 radical (unpaired) electrons. The Hall–Kier alpha value is -1.47. The van der Waals surface area contributed by atoms with Crippen LogP contribution >= 0.6 is 15.9 Å². The minimum Gasteiger partial charge on any atom is -0.476 e. The molecular weight excluding hydrogens is 271 g/mol. The van der Waals surface area contributed by atoms with E-state index in [0.717, 1.165) is 6.07 Å². The molecule has 0 fully saturated rings. The summed E-state index contributed by atoms with van der Waals surface area (Å²) in [6, 6.07) is 3.85. The summed E-state index contributed by atoms with van der Waals surface area (Å²) in [4.78, 5) is 14.5. The number of nitrogens with two attached hydrogens (primary N) is 1. The number of nitrogens with zero attached hydrogens (tertiary/aromatic N) is 1. The van der Waals surface area contributed by atoms with Gasteiger partial charge in [-0.2, -0.15) is 0 Å². The maximum atomic E-state index is 13.3. The molecule has 0 aromatic heterocycles. The summed E-state index contributed by atoms with van der Waals surface area (Å²) in [5, 5.41) is 11.7. The lowest BCUT2D eigenvalue weighted by Crippen LogP contribution is -2.17. The Labute approximate surface area is 92.4 Å². The third-order valence-electron chi connectivity index (χ3n) is 1.53. The molecule has 5 nitrogen and oxygen atoms in total. The van der Waals surface area contributed by atoms with E-state index >= 15 is 0 Å². The average Bonchev–Trinajstić information content (AvgIpc) is 2.15. The molecular formula is C8H6BrFN2O3. The number of benzene rings is 1. The molecule has 0 bridgehead atoms. The van der Waals surface area contributed by atoms with Gasteiger partial charge in [-0.05, 0) is 18.2 Å². The number of rotatable bonds is 3. The fraction of sp³-hybridized carbons (Fsp3) is 0. The Kier molecular flexibility index (Phi) is 3.75. The van der Waals surface area contributed by atoms with Crippen LogP contribution in [-0.2, 0) is 9.73 Å². The maximum absolute atomic E-state index is 13.3. The Bertz CT molecular complexity index is 422. The van der Waals surface area contributed by atoms with Crippen molar-refractivity contribution in [1.29, 1.82) is 0 Å². The highest BCUT2D eigenvalue weighted by molar-refractivity contribution is 9.10. The molecule has 0 unspecified atom stereocenters. The van der Waals surface area contributed by atoms with Crippen LogP contribution in [0.4, 0.5) is 4.39 Å². The first-order valence-electron chi connectivity index (χ1n) is 3.69. The van der Waals surface area contributed by atoms with Gasteiger partial charge >= 0.3 is 5.97 Å². The van der Waals surface area contributed by atoms with Crippen LogP contribution in [0, 0.1) is 5.82 Å². The van der Waals surface area contributed by atoms with Crippen molar-refractivity contribution in [1.82, 2.24) is 0 Å². The first-order valence-corrected chi connectivity index (χ1v) is 4.48. The summed E-state index contributed by atoms with van der Waals surface area (Å²) >= 11 is 3.04. The molecule has 0 saturated carbocycles. The molecule has 0 spiro atoms. The second kappa shape index (κ2) is 4.85. The minimum absolute atomic E-state index is 0.198. The second-order valence-corrected chi connectivity index (χ2v) is 3.39. The number of carboxylic acid groups (broad SMARTS) is 1. The van der Waals surface area contributed by atoms with Crippen molar-refractivity contribution in [2.45, 2.75) is 0 Å². The average molecular weight is 277 g/mol. The molecule has 0 saturated heterocycles. The third kappa shape index (κ3) is 2.74. The van der Waals surface area contributed by atoms with E-state index in [2.05, 4.69) is 31.9 Å². The lowest BCUT2D eigenvalue weighted by atomic mass is 10.1. The van der Waals surface area contributed by atoms with E-state index in [1.54, 1.807) is 0 Å². The van der Waals surface area contributed by atoms with Gasteiger partial charge in [-0.15, -0.1) is 5.90 Å². The smallest absolute Gasteiger partial charge is 0.358 e. The van der Waals surface area contributed by atoms with Crippen molar-refractivity contribution >= 4 is 27.6 Å². The van der Waals surface area contributed by atoms with Gasteiger partial charge in [0.15, 0.2) is 5.71 Å². The predicted molar refractivity (Wildman–Crippen MR) is 53.5 cm³/mol. The van der Waals surface area contributed by atoms with Gasteiger partial charge in [-0.1, -0.05) is 21.1 Å². The standard InChI is InChI=1S/C8H6BrFN2O3/c9-4-1-2-5(6(10)3-4)7(8(13)14)12-15-11/h1-3H,11H2,(H,13,14). The van der Waals surface area contributed by atoms with Gasteiger partial charge in [0.25, 0.3) is 0 Å². The van der Waals surface area contributed by atoms with Gasteiger partial charge in [0, 0.05) is 10.0 Å². The van der Waals surface area contributed by atoms with Gasteiger partial charge in [-0.3, -0.25) is 0 Å². The summed E-state index contributed by atoms with van der Waals surface area (Å²) in [5.41, 5.74) is -0.793. The zero-order valence-electron chi connectivity index (χ0n) is 7.28. The molecule has 1 aromatic rings. The molecule has 0 aliphatic carbocycles. The summed E-state index contributed by atoms with van der Waals surface area (Å²) in [5.74, 6) is 2.44. The number of aliphatic carboxylic acids is 1. The van der Waals surface area contributed by atoms with Gasteiger partial charge in [-0.25, -0.2) is 9.18 Å². The van der Waals surface area contributed by atoms with Crippen molar-refractivity contribution in [3.63, 3.8) is 0 Å². The molecule has 1 rings (SSSR count). The van der Waals surface area contributed by atoms with Gasteiger partial charge < -0.3 is 10.0 Å². The Balaban J connectivity index is 3.24. The fourth-order valence-corrected chi connectivity index (χ4v) is 1.27. The minimum atomic E-state index is -1.43. The number of carboxylic acids is 1. The molecule has 0 amide bonds. The van der Waals surface area contributed by atoms with E-state index in [4.69, 9.17) is 5.11 Å². The quantitative estimate of drug-likeness (QED) is 0.643. The van der Waals surface area contributed by atoms with Crippen molar-refractivity contribution in [3.05, 3.63) is 34.1 Å². The van der Waals surface area contributed by atoms with E-state index < -0.39 is 17.5 Å². The Morgan fingerprint density at radius 2 is 2.27 bits per heavy atom. The first-order chi connectivity index (χ1) is 7.06. The summed E-state index contributed by atoms with van der Waals surface area (Å²) in [7, 11) is 0. The lowest BCUT2D eigenvalue weighted by molar-refractivity contribution is -0.129. The summed E-state index contributed by atoms with van der Waals surface area (Å²) < 4.78 is 13.8. The molecule has 15 heavy (non-hydrogen) atoms. The van der Waals surface area contributed by atoms with Crippen LogP contribution in [0.3, 0.4) is 0 Å². The van der Waals surface area contributed by atoms with Crippen LogP contribution in [0.2, 0.25) is 0 Å². The van der Waals surface area contributed by atoms with Gasteiger partial charge in [0.1, 0.15) is 5.82 Å². The SMILES string of the molecule is NON=C(C(=O)O)c1ccc(Br)cc1F. The van der Waals surface area contributed by atoms with Crippen LogP contribution in [0.25, 0.3) is 0 Å². The molecule has 1 aromatic carbocycles. The molecule has 0 aliphatic rings. The van der Waals surface area contributed by atoms with Gasteiger partial charge in [0.2, 0.25) is 0 Å². The summed E-state index contributed by atoms with van der Waals surface area (Å²) in [6.07, 6.45) is 0. The highest BCUT2D eigenvalue weighted by Crippen LogP contribution is 2.16. The second-order valence-electron chi connectivity index (χ2n) is 2.47. The molecule has 0 heterocycles. The fourth-order valence-electron chi connectivity index (χ4n) is 0.938. The maximum Gasteiger partial charge on any atom is 0.358 e. The van der Waals surface area contributed by atoms with Crippen molar-refractivity contribution in [3.8, 4) is 0 Å². The molecule has 3 N–H and O–H groups in total. The molecule has 0 atom stereocenters. The topological polar surface area (TPSA) is 84.9 Å². The van der Waals surface area contributed by atoms with Gasteiger partial charge in [0.05, 0.1) is 0 Å². The summed E-state index contributed by atoms with van der Waals surface area (Å²) in [6.45, 7) is 0. The Morgan fingerprint density at radius 3 is 2.73 bits per heavy atom. The number of hydrogen-bond donors (Lipinski definition) is 2. The molecule has 0 aliphatic heterocycles. The van der Waals surface area contributed by atoms with Crippen LogP contribution in [-0.4, -0.2) is 16.8 Å². The predicted octanol–water partition coefficient (Wildman–Crippen LogP) is 1.27. The highest BCUT2D eigenvalue weighted by Gasteiger charge is 2.18. The third-order valence-corrected chi connectivity index (χ3v) is 2.03.